The molecule has 0 saturated carbocycles. The van der Waals surface area contributed by atoms with Crippen LogP contribution in [0.4, 0.5) is 0 Å². The average molecular weight is 369 g/mol. The molecule has 7 heteroatoms. The Bertz CT molecular complexity index is 854. The number of fused-ring (bicyclic) bond motifs is 1. The topological polar surface area (TPSA) is 56.1 Å². The summed E-state index contributed by atoms with van der Waals surface area (Å²) in [6.07, 6.45) is 4.73. The van der Waals surface area contributed by atoms with Crippen molar-refractivity contribution in [3.63, 3.8) is 0 Å². The van der Waals surface area contributed by atoms with Crippen LogP contribution in [0.1, 0.15) is 12.0 Å². The van der Waals surface area contributed by atoms with E-state index in [4.69, 9.17) is 4.74 Å². The van der Waals surface area contributed by atoms with Crippen LogP contribution in [0.2, 0.25) is 0 Å². The average Bonchev–Trinajstić information content (AvgIpc) is 2.91. The molecular weight excluding hydrogens is 346 g/mol. The molecular formula is C19H23N5OS. The molecule has 0 spiro atoms. The molecule has 136 valence electrons. The van der Waals surface area contributed by atoms with Gasteiger partial charge in [0.2, 0.25) is 0 Å². The Morgan fingerprint density at radius 1 is 1.23 bits per heavy atom. The van der Waals surface area contributed by atoms with Gasteiger partial charge in [0.15, 0.2) is 5.65 Å². The van der Waals surface area contributed by atoms with Crippen molar-refractivity contribution in [2.45, 2.75) is 24.1 Å². The van der Waals surface area contributed by atoms with Crippen molar-refractivity contribution in [3.05, 3.63) is 48.4 Å². The molecule has 1 aliphatic rings. The monoisotopic (exact) mass is 369 g/mol. The molecule has 0 aliphatic carbocycles. The molecule has 1 fully saturated rings. The first-order valence-electron chi connectivity index (χ1n) is 8.93. The van der Waals surface area contributed by atoms with Gasteiger partial charge in [-0.3, -0.25) is 9.58 Å². The number of rotatable bonds is 5. The Labute approximate surface area is 157 Å². The van der Waals surface area contributed by atoms with Gasteiger partial charge in [-0.1, -0.05) is 30.3 Å². The van der Waals surface area contributed by atoms with Gasteiger partial charge in [-0.15, -0.1) is 11.8 Å². The normalized spacial score (nSPS) is 18.9. The highest BCUT2D eigenvalue weighted by Crippen LogP contribution is 2.25. The maximum absolute atomic E-state index is 6.08. The molecule has 1 aliphatic heterocycles. The van der Waals surface area contributed by atoms with Gasteiger partial charge in [0.05, 0.1) is 17.7 Å². The first kappa shape index (κ1) is 17.5. The van der Waals surface area contributed by atoms with Gasteiger partial charge in [0.25, 0.3) is 0 Å². The summed E-state index contributed by atoms with van der Waals surface area (Å²) in [7, 11) is 1.90. The van der Waals surface area contributed by atoms with Crippen molar-refractivity contribution in [1.29, 1.82) is 0 Å². The lowest BCUT2D eigenvalue weighted by Crippen LogP contribution is -2.32. The predicted molar refractivity (Wildman–Crippen MR) is 103 cm³/mol. The number of aryl methyl sites for hydroxylation is 1. The van der Waals surface area contributed by atoms with E-state index in [-0.39, 0.29) is 6.10 Å². The van der Waals surface area contributed by atoms with Crippen molar-refractivity contribution in [2.75, 3.05) is 25.4 Å². The van der Waals surface area contributed by atoms with Crippen LogP contribution >= 0.6 is 11.8 Å². The highest BCUT2D eigenvalue weighted by Gasteiger charge is 2.20. The second-order valence-electron chi connectivity index (χ2n) is 6.56. The van der Waals surface area contributed by atoms with Gasteiger partial charge in [-0.2, -0.15) is 5.10 Å². The van der Waals surface area contributed by atoms with E-state index < -0.39 is 0 Å². The molecule has 0 bridgehead atoms. The highest BCUT2D eigenvalue weighted by atomic mass is 32.2. The van der Waals surface area contributed by atoms with Gasteiger partial charge in [-0.05, 0) is 12.0 Å². The van der Waals surface area contributed by atoms with Crippen molar-refractivity contribution < 1.29 is 4.74 Å². The largest absolute Gasteiger partial charge is 0.376 e. The van der Waals surface area contributed by atoms with Crippen LogP contribution in [0.25, 0.3) is 11.0 Å². The smallest absolute Gasteiger partial charge is 0.162 e. The lowest BCUT2D eigenvalue weighted by molar-refractivity contribution is 0.0700. The Morgan fingerprint density at radius 3 is 3.00 bits per heavy atom. The van der Waals surface area contributed by atoms with Crippen molar-refractivity contribution in [2.24, 2.45) is 7.05 Å². The maximum Gasteiger partial charge on any atom is 0.162 e. The van der Waals surface area contributed by atoms with Crippen molar-refractivity contribution in [1.82, 2.24) is 24.6 Å². The molecule has 3 heterocycles. The second-order valence-corrected chi connectivity index (χ2v) is 7.57. The summed E-state index contributed by atoms with van der Waals surface area (Å²) in [5, 5.41) is 6.27. The maximum atomic E-state index is 6.08. The Hall–Kier alpha value is -1.96. The zero-order chi connectivity index (χ0) is 17.8. The molecule has 1 aromatic carbocycles. The summed E-state index contributed by atoms with van der Waals surface area (Å²) in [6, 6.07) is 10.6. The van der Waals surface area contributed by atoms with Gasteiger partial charge < -0.3 is 4.74 Å². The van der Waals surface area contributed by atoms with E-state index >= 15 is 0 Å². The van der Waals surface area contributed by atoms with Gasteiger partial charge in [-0.25, -0.2) is 9.97 Å². The number of hydrogen-bond acceptors (Lipinski definition) is 6. The third-order valence-corrected chi connectivity index (χ3v) is 5.72. The Morgan fingerprint density at radius 2 is 2.12 bits per heavy atom. The number of nitrogens with zero attached hydrogens (tertiary/aromatic N) is 5. The number of aromatic nitrogens is 4. The van der Waals surface area contributed by atoms with Crippen molar-refractivity contribution >= 4 is 22.8 Å². The molecule has 2 aromatic heterocycles. The summed E-state index contributed by atoms with van der Waals surface area (Å²) >= 11 is 1.73. The van der Waals surface area contributed by atoms with Crippen molar-refractivity contribution in [3.8, 4) is 0 Å². The fraction of sp³-hybridized carbons (Fsp3) is 0.421. The quantitative estimate of drug-likeness (QED) is 0.509. The van der Waals surface area contributed by atoms with Gasteiger partial charge >= 0.3 is 0 Å². The van der Waals surface area contributed by atoms with Crippen LogP contribution in [-0.2, 0) is 18.3 Å². The van der Waals surface area contributed by atoms with Gasteiger partial charge in [0, 0.05) is 39.0 Å². The second kappa shape index (κ2) is 8.16. The van der Waals surface area contributed by atoms with Crippen LogP contribution in [-0.4, -0.2) is 56.2 Å². The summed E-state index contributed by atoms with van der Waals surface area (Å²) in [4.78, 5) is 11.2. The molecule has 1 saturated heterocycles. The summed E-state index contributed by atoms with van der Waals surface area (Å²) in [5.41, 5.74) is 2.23. The van der Waals surface area contributed by atoms with Gasteiger partial charge in [0.1, 0.15) is 11.4 Å². The SMILES string of the molecule is Cn1ncc2c(SC[C@H]3CN(Cc4ccccc4)CCCO3)ncnc21. The molecule has 0 amide bonds. The van der Waals surface area contributed by atoms with E-state index in [0.717, 1.165) is 54.5 Å². The fourth-order valence-corrected chi connectivity index (χ4v) is 4.25. The van der Waals surface area contributed by atoms with E-state index in [0.29, 0.717) is 0 Å². The van der Waals surface area contributed by atoms with Crippen LogP contribution in [0, 0.1) is 0 Å². The lowest BCUT2D eigenvalue weighted by Gasteiger charge is -2.23. The summed E-state index contributed by atoms with van der Waals surface area (Å²) < 4.78 is 7.87. The molecule has 6 nitrogen and oxygen atoms in total. The first-order chi connectivity index (χ1) is 12.8. The van der Waals surface area contributed by atoms with Crippen LogP contribution in [0.15, 0.2) is 47.9 Å². The summed E-state index contributed by atoms with van der Waals surface area (Å²) in [5.74, 6) is 0.881. The van der Waals surface area contributed by atoms with E-state index in [1.165, 1.54) is 5.56 Å². The van der Waals surface area contributed by atoms with E-state index in [9.17, 15) is 0 Å². The molecule has 4 rings (SSSR count). The Balaban J connectivity index is 1.40. The minimum atomic E-state index is 0.202. The van der Waals surface area contributed by atoms with E-state index in [2.05, 4.69) is 50.3 Å². The molecule has 0 N–H and O–H groups in total. The number of ether oxygens (including phenoxy) is 1. The standard InChI is InChI=1S/C19H23N5OS/c1-23-18-17(10-22-23)19(21-14-20-18)26-13-16-12-24(8-5-9-25-16)11-15-6-3-2-4-7-15/h2-4,6-7,10,14,16H,5,8-9,11-13H2,1H3/t16-/m1/s1. The third-order valence-electron chi connectivity index (χ3n) is 4.58. The highest BCUT2D eigenvalue weighted by molar-refractivity contribution is 7.99. The zero-order valence-electron chi connectivity index (χ0n) is 14.9. The first-order valence-corrected chi connectivity index (χ1v) is 9.91. The number of thioether (sulfide) groups is 1. The predicted octanol–water partition coefficient (Wildman–Crippen LogP) is 2.75. The lowest BCUT2D eigenvalue weighted by atomic mass is 10.2. The molecule has 0 unspecified atom stereocenters. The minimum absolute atomic E-state index is 0.202. The van der Waals surface area contributed by atoms with E-state index in [1.54, 1.807) is 22.8 Å². The third kappa shape index (κ3) is 4.06. The number of benzene rings is 1. The van der Waals surface area contributed by atoms with Crippen LogP contribution < -0.4 is 0 Å². The van der Waals surface area contributed by atoms with Crippen LogP contribution in [0.5, 0.6) is 0 Å². The molecule has 26 heavy (non-hydrogen) atoms. The number of hydrogen-bond donors (Lipinski definition) is 0. The fourth-order valence-electron chi connectivity index (χ4n) is 3.28. The summed E-state index contributed by atoms with van der Waals surface area (Å²) in [6.45, 7) is 3.83. The molecule has 1 atom stereocenters. The molecule has 0 radical (unpaired) electrons. The Kier molecular flexibility index (Phi) is 5.48. The zero-order valence-corrected chi connectivity index (χ0v) is 15.7. The van der Waals surface area contributed by atoms with E-state index in [1.807, 2.05) is 13.2 Å². The van der Waals surface area contributed by atoms with Crippen LogP contribution in [0.3, 0.4) is 0 Å². The molecule has 3 aromatic rings. The minimum Gasteiger partial charge on any atom is -0.376 e.